The molecule has 1 heterocycles. The Labute approximate surface area is 193 Å². The molecule has 4 rings (SSSR count). The van der Waals surface area contributed by atoms with Crippen molar-refractivity contribution in [1.82, 2.24) is 4.98 Å². The summed E-state index contributed by atoms with van der Waals surface area (Å²) in [5, 5.41) is 3.68. The minimum atomic E-state index is -0.468. The van der Waals surface area contributed by atoms with Gasteiger partial charge in [0.25, 0.3) is 5.91 Å². The Balaban J connectivity index is 1.71. The average molecular weight is 476 g/mol. The largest absolute Gasteiger partial charge is 0.494 e. The van der Waals surface area contributed by atoms with E-state index in [0.717, 1.165) is 22.2 Å². The number of aryl methyl sites for hydroxylation is 2. The van der Waals surface area contributed by atoms with Crippen LogP contribution in [0.2, 0.25) is 15.1 Å². The monoisotopic (exact) mass is 474 g/mol. The molecule has 0 aliphatic rings. The van der Waals surface area contributed by atoms with Crippen molar-refractivity contribution in [2.24, 2.45) is 0 Å². The molecule has 5 nitrogen and oxygen atoms in total. The van der Waals surface area contributed by atoms with Crippen LogP contribution in [0, 0.1) is 13.8 Å². The van der Waals surface area contributed by atoms with Crippen LogP contribution in [0.25, 0.3) is 22.6 Å². The highest BCUT2D eigenvalue weighted by atomic mass is 35.5. The first-order chi connectivity index (χ1) is 14.8. The zero-order valence-corrected chi connectivity index (χ0v) is 19.1. The van der Waals surface area contributed by atoms with Gasteiger partial charge in [-0.05, 0) is 61.4 Å². The van der Waals surface area contributed by atoms with Gasteiger partial charge in [0.1, 0.15) is 11.3 Å². The number of amides is 1. The fraction of sp³-hybridized carbons (Fsp3) is 0.130. The highest BCUT2D eigenvalue weighted by Gasteiger charge is 2.19. The van der Waals surface area contributed by atoms with Crippen molar-refractivity contribution in [3.63, 3.8) is 0 Å². The zero-order valence-electron chi connectivity index (χ0n) is 16.8. The van der Waals surface area contributed by atoms with E-state index in [-0.39, 0.29) is 16.3 Å². The molecule has 0 saturated heterocycles. The first-order valence-electron chi connectivity index (χ1n) is 9.29. The van der Waals surface area contributed by atoms with Crippen LogP contribution < -0.4 is 10.1 Å². The molecule has 0 aliphatic heterocycles. The molecule has 158 valence electrons. The normalized spacial score (nSPS) is 11.0. The van der Waals surface area contributed by atoms with Crippen molar-refractivity contribution in [3.05, 3.63) is 74.2 Å². The fourth-order valence-corrected chi connectivity index (χ4v) is 4.12. The standard InChI is InChI=1S/C23H17Cl3N2O3/c1-11-6-12(2)20-19(7-11)28-23(31-20)13-4-5-16(25)18(8-13)27-22(29)15-9-14(24)10-17(26)21(15)30-3/h4-10H,1-3H3,(H,27,29). The van der Waals surface area contributed by atoms with E-state index in [1.54, 1.807) is 18.2 Å². The van der Waals surface area contributed by atoms with Gasteiger partial charge < -0.3 is 14.5 Å². The van der Waals surface area contributed by atoms with Crippen LogP contribution in [-0.2, 0) is 0 Å². The molecule has 3 aromatic carbocycles. The first-order valence-corrected chi connectivity index (χ1v) is 10.4. The number of hydrogen-bond donors (Lipinski definition) is 1. The predicted molar refractivity (Wildman–Crippen MR) is 125 cm³/mol. The molecule has 0 unspecified atom stereocenters. The number of ether oxygens (including phenoxy) is 1. The third kappa shape index (κ3) is 4.22. The van der Waals surface area contributed by atoms with Crippen molar-refractivity contribution in [3.8, 4) is 17.2 Å². The summed E-state index contributed by atoms with van der Waals surface area (Å²) in [5.41, 5.74) is 4.84. The summed E-state index contributed by atoms with van der Waals surface area (Å²) < 4.78 is 11.2. The second kappa shape index (κ2) is 8.42. The molecular formula is C23H17Cl3N2O3. The number of methoxy groups -OCH3 is 1. The summed E-state index contributed by atoms with van der Waals surface area (Å²) >= 11 is 18.5. The van der Waals surface area contributed by atoms with Gasteiger partial charge in [0, 0.05) is 10.6 Å². The highest BCUT2D eigenvalue weighted by Crippen LogP contribution is 2.35. The maximum Gasteiger partial charge on any atom is 0.259 e. The second-order valence-electron chi connectivity index (χ2n) is 7.07. The van der Waals surface area contributed by atoms with E-state index in [9.17, 15) is 4.79 Å². The topological polar surface area (TPSA) is 64.4 Å². The van der Waals surface area contributed by atoms with Gasteiger partial charge >= 0.3 is 0 Å². The number of anilines is 1. The van der Waals surface area contributed by atoms with E-state index in [1.807, 2.05) is 26.0 Å². The number of hydrogen-bond acceptors (Lipinski definition) is 4. The Morgan fingerprint density at radius 2 is 1.81 bits per heavy atom. The molecule has 31 heavy (non-hydrogen) atoms. The van der Waals surface area contributed by atoms with Crippen molar-refractivity contribution in [2.75, 3.05) is 12.4 Å². The van der Waals surface area contributed by atoms with Crippen LogP contribution in [0.5, 0.6) is 5.75 Å². The van der Waals surface area contributed by atoms with Gasteiger partial charge in [0.05, 0.1) is 28.4 Å². The summed E-state index contributed by atoms with van der Waals surface area (Å²) in [6.45, 7) is 3.98. The molecular weight excluding hydrogens is 459 g/mol. The lowest BCUT2D eigenvalue weighted by atomic mass is 10.1. The van der Waals surface area contributed by atoms with Crippen LogP contribution in [-0.4, -0.2) is 18.0 Å². The van der Waals surface area contributed by atoms with Crippen LogP contribution >= 0.6 is 34.8 Å². The number of benzene rings is 3. The smallest absolute Gasteiger partial charge is 0.259 e. The van der Waals surface area contributed by atoms with Crippen molar-refractivity contribution < 1.29 is 13.9 Å². The molecule has 0 saturated carbocycles. The van der Waals surface area contributed by atoms with Crippen molar-refractivity contribution >= 4 is 57.5 Å². The summed E-state index contributed by atoms with van der Waals surface area (Å²) in [4.78, 5) is 17.5. The van der Waals surface area contributed by atoms with Gasteiger partial charge in [-0.25, -0.2) is 4.98 Å². The van der Waals surface area contributed by atoms with Crippen LogP contribution in [0.1, 0.15) is 21.5 Å². The third-order valence-corrected chi connectivity index (χ3v) is 5.57. The Morgan fingerprint density at radius 3 is 2.55 bits per heavy atom. The van der Waals surface area contributed by atoms with Gasteiger partial charge in [0.2, 0.25) is 5.89 Å². The molecule has 0 bridgehead atoms. The lowest BCUT2D eigenvalue weighted by Crippen LogP contribution is -2.14. The number of nitrogens with one attached hydrogen (secondary N) is 1. The van der Waals surface area contributed by atoms with Gasteiger partial charge in [-0.15, -0.1) is 0 Å². The Bertz CT molecular complexity index is 1330. The molecule has 0 atom stereocenters. The summed E-state index contributed by atoms with van der Waals surface area (Å²) in [6.07, 6.45) is 0. The minimum Gasteiger partial charge on any atom is -0.494 e. The van der Waals surface area contributed by atoms with Crippen molar-refractivity contribution in [2.45, 2.75) is 13.8 Å². The van der Waals surface area contributed by atoms with Gasteiger partial charge in [-0.2, -0.15) is 0 Å². The number of carbonyl (C=O) groups is 1. The minimum absolute atomic E-state index is 0.189. The fourth-order valence-electron chi connectivity index (χ4n) is 3.38. The number of halogens is 3. The molecule has 8 heteroatoms. The Kier molecular flexibility index (Phi) is 5.84. The maximum absolute atomic E-state index is 12.9. The highest BCUT2D eigenvalue weighted by molar-refractivity contribution is 6.37. The maximum atomic E-state index is 12.9. The molecule has 0 spiro atoms. The Morgan fingerprint density at radius 1 is 1.03 bits per heavy atom. The molecule has 1 amide bonds. The van der Waals surface area contributed by atoms with Crippen LogP contribution in [0.15, 0.2) is 46.9 Å². The molecule has 0 radical (unpaired) electrons. The third-order valence-electron chi connectivity index (χ3n) is 4.74. The second-order valence-corrected chi connectivity index (χ2v) is 8.32. The predicted octanol–water partition coefficient (Wildman–Crippen LogP) is 7.33. The van der Waals surface area contributed by atoms with E-state index >= 15 is 0 Å². The summed E-state index contributed by atoms with van der Waals surface area (Å²) in [6, 6.07) is 12.1. The number of fused-ring (bicyclic) bond motifs is 1. The molecule has 4 aromatic rings. The van der Waals surface area contributed by atoms with E-state index in [1.165, 1.54) is 19.2 Å². The van der Waals surface area contributed by atoms with Gasteiger partial charge in [0.15, 0.2) is 5.58 Å². The Hall–Kier alpha value is -2.73. The summed E-state index contributed by atoms with van der Waals surface area (Å²) in [5.74, 6) is 0.184. The molecule has 0 aliphatic carbocycles. The zero-order chi connectivity index (χ0) is 22.3. The lowest BCUT2D eigenvalue weighted by Gasteiger charge is -2.12. The van der Waals surface area contributed by atoms with E-state index < -0.39 is 5.91 Å². The quantitative estimate of drug-likeness (QED) is 0.335. The molecule has 1 N–H and O–H groups in total. The van der Waals surface area contributed by atoms with Gasteiger partial charge in [-0.1, -0.05) is 40.9 Å². The SMILES string of the molecule is COc1c(Cl)cc(Cl)cc1C(=O)Nc1cc(-c2nc3cc(C)cc(C)c3o2)ccc1Cl. The number of nitrogens with zero attached hydrogens (tertiary/aromatic N) is 1. The molecule has 0 fully saturated rings. The summed E-state index contributed by atoms with van der Waals surface area (Å²) in [7, 11) is 1.43. The molecule has 1 aromatic heterocycles. The first kappa shape index (κ1) is 21.5. The number of rotatable bonds is 4. The number of oxazole rings is 1. The van der Waals surface area contributed by atoms with Gasteiger partial charge in [-0.3, -0.25) is 4.79 Å². The van der Waals surface area contributed by atoms with Crippen molar-refractivity contribution in [1.29, 1.82) is 0 Å². The number of carbonyl (C=O) groups excluding carboxylic acids is 1. The van der Waals surface area contributed by atoms with E-state index in [2.05, 4.69) is 10.3 Å². The lowest BCUT2D eigenvalue weighted by molar-refractivity contribution is 0.102. The van der Waals surface area contributed by atoms with E-state index in [0.29, 0.717) is 27.2 Å². The van der Waals surface area contributed by atoms with Crippen LogP contribution in [0.4, 0.5) is 5.69 Å². The van der Waals surface area contributed by atoms with E-state index in [4.69, 9.17) is 44.0 Å². The average Bonchev–Trinajstić information content (AvgIpc) is 3.13. The number of aromatic nitrogens is 1. The van der Waals surface area contributed by atoms with Crippen LogP contribution in [0.3, 0.4) is 0 Å².